The van der Waals surface area contributed by atoms with Gasteiger partial charge in [-0.15, -0.1) is 0 Å². The van der Waals surface area contributed by atoms with E-state index in [-0.39, 0.29) is 10.6 Å². The molecule has 1 aromatic carbocycles. The largest absolute Gasteiger partial charge is 0.382 e. The number of nitrogens with one attached hydrogen (secondary N) is 1. The molecular weight excluding hydrogens is 242 g/mol. The summed E-state index contributed by atoms with van der Waals surface area (Å²) in [5, 5.41) is 14.3. The summed E-state index contributed by atoms with van der Waals surface area (Å²) in [6.45, 7) is 5.10. The molecule has 0 saturated carbocycles. The maximum atomic E-state index is 10.8. The molecule has 0 spiro atoms. The third-order valence-corrected chi connectivity index (χ3v) is 3.97. The Morgan fingerprint density at radius 3 is 2.79 bits per heavy atom. The lowest BCUT2D eigenvalue weighted by molar-refractivity contribution is -0.385. The predicted octanol–water partition coefficient (Wildman–Crippen LogP) is 2.80. The third kappa shape index (κ3) is 3.23. The Balaban J connectivity index is 2.04. The molecule has 5 heteroatoms. The fourth-order valence-electron chi connectivity index (χ4n) is 2.61. The summed E-state index contributed by atoms with van der Waals surface area (Å²) in [7, 11) is 2.15. The highest BCUT2D eigenvalue weighted by Crippen LogP contribution is 2.24. The molecule has 0 radical (unpaired) electrons. The van der Waals surface area contributed by atoms with E-state index >= 15 is 0 Å². The molecule has 2 rings (SSSR count). The maximum Gasteiger partial charge on any atom is 0.272 e. The lowest BCUT2D eigenvalue weighted by atomic mass is 9.98. The van der Waals surface area contributed by atoms with Gasteiger partial charge in [0.25, 0.3) is 5.69 Å². The van der Waals surface area contributed by atoms with Crippen molar-refractivity contribution in [2.75, 3.05) is 18.9 Å². The summed E-state index contributed by atoms with van der Waals surface area (Å²) >= 11 is 0. The van der Waals surface area contributed by atoms with Gasteiger partial charge in [0.05, 0.1) is 4.92 Å². The number of hydrogen-bond donors (Lipinski definition) is 1. The van der Waals surface area contributed by atoms with Crippen LogP contribution in [0.25, 0.3) is 0 Å². The Morgan fingerprint density at radius 1 is 1.47 bits per heavy atom. The van der Waals surface area contributed by atoms with Crippen molar-refractivity contribution in [1.29, 1.82) is 0 Å². The van der Waals surface area contributed by atoms with Crippen LogP contribution in [0.5, 0.6) is 0 Å². The van der Waals surface area contributed by atoms with E-state index in [0.29, 0.717) is 17.6 Å². The first-order valence-electron chi connectivity index (χ1n) is 6.69. The Morgan fingerprint density at radius 2 is 2.21 bits per heavy atom. The number of nitrogens with zero attached hydrogens (tertiary/aromatic N) is 2. The fraction of sp³-hybridized carbons (Fsp3) is 0.571. The van der Waals surface area contributed by atoms with Gasteiger partial charge in [-0.2, -0.15) is 0 Å². The van der Waals surface area contributed by atoms with Gasteiger partial charge in [-0.1, -0.05) is 0 Å². The van der Waals surface area contributed by atoms with Crippen molar-refractivity contribution in [3.8, 4) is 0 Å². The summed E-state index contributed by atoms with van der Waals surface area (Å²) < 4.78 is 0. The minimum absolute atomic E-state index is 0.183. The van der Waals surface area contributed by atoms with Crippen molar-refractivity contribution in [3.05, 3.63) is 33.9 Å². The average molecular weight is 263 g/mol. The molecule has 1 aromatic rings. The van der Waals surface area contributed by atoms with Crippen LogP contribution in [0.4, 0.5) is 11.4 Å². The smallest absolute Gasteiger partial charge is 0.272 e. The van der Waals surface area contributed by atoms with Gasteiger partial charge < -0.3 is 10.2 Å². The van der Waals surface area contributed by atoms with Crippen LogP contribution < -0.4 is 5.32 Å². The molecule has 2 unspecified atom stereocenters. The van der Waals surface area contributed by atoms with Gasteiger partial charge in [-0.05, 0) is 45.9 Å². The van der Waals surface area contributed by atoms with Crippen LogP contribution in [0, 0.1) is 17.0 Å². The van der Waals surface area contributed by atoms with Gasteiger partial charge >= 0.3 is 0 Å². The predicted molar refractivity (Wildman–Crippen MR) is 76.6 cm³/mol. The summed E-state index contributed by atoms with van der Waals surface area (Å²) in [6.07, 6.45) is 2.21. The van der Waals surface area contributed by atoms with Gasteiger partial charge in [-0.3, -0.25) is 10.1 Å². The zero-order valence-electron chi connectivity index (χ0n) is 11.7. The molecule has 1 saturated heterocycles. The standard InChI is InChI=1S/C14H21N3O2/c1-10-8-12(4-5-14(10)17(18)19)15-13-6-7-16(3)11(2)9-13/h4-5,8,11,13,15H,6-7,9H2,1-3H3. The number of anilines is 1. The molecule has 0 amide bonds. The second-order valence-electron chi connectivity index (χ2n) is 5.45. The molecule has 2 atom stereocenters. The van der Waals surface area contributed by atoms with Gasteiger partial charge in [0.15, 0.2) is 0 Å². The Bertz CT molecular complexity index is 476. The number of rotatable bonds is 3. The molecule has 0 aromatic heterocycles. The van der Waals surface area contributed by atoms with Crippen molar-refractivity contribution in [3.63, 3.8) is 0 Å². The van der Waals surface area contributed by atoms with Crippen molar-refractivity contribution >= 4 is 11.4 Å². The van der Waals surface area contributed by atoms with Gasteiger partial charge in [0, 0.05) is 35.9 Å². The van der Waals surface area contributed by atoms with E-state index in [9.17, 15) is 10.1 Å². The normalized spacial score (nSPS) is 24.2. The van der Waals surface area contributed by atoms with E-state index in [1.54, 1.807) is 19.1 Å². The number of benzene rings is 1. The Labute approximate surface area is 113 Å². The number of nitro benzene ring substituents is 1. The van der Waals surface area contributed by atoms with E-state index < -0.39 is 0 Å². The summed E-state index contributed by atoms with van der Waals surface area (Å²) in [5.74, 6) is 0. The fourth-order valence-corrected chi connectivity index (χ4v) is 2.61. The summed E-state index contributed by atoms with van der Waals surface area (Å²) in [5.41, 5.74) is 1.86. The quantitative estimate of drug-likeness (QED) is 0.673. The van der Waals surface area contributed by atoms with E-state index in [2.05, 4.69) is 24.2 Å². The molecule has 5 nitrogen and oxygen atoms in total. The van der Waals surface area contributed by atoms with Gasteiger partial charge in [0.2, 0.25) is 0 Å². The van der Waals surface area contributed by atoms with E-state index in [0.717, 1.165) is 25.1 Å². The minimum atomic E-state index is -0.337. The highest BCUT2D eigenvalue weighted by Gasteiger charge is 2.22. The second-order valence-corrected chi connectivity index (χ2v) is 5.45. The zero-order chi connectivity index (χ0) is 14.0. The summed E-state index contributed by atoms with van der Waals surface area (Å²) in [6, 6.07) is 6.27. The SMILES string of the molecule is Cc1cc(NC2CCN(C)C(C)C2)ccc1[N+](=O)[O-]. The van der Waals surface area contributed by atoms with Crippen molar-refractivity contribution in [2.24, 2.45) is 0 Å². The highest BCUT2D eigenvalue weighted by molar-refractivity contribution is 5.54. The third-order valence-electron chi connectivity index (χ3n) is 3.97. The maximum absolute atomic E-state index is 10.8. The van der Waals surface area contributed by atoms with E-state index in [1.807, 2.05) is 6.07 Å². The molecular formula is C14H21N3O2. The van der Waals surface area contributed by atoms with Crippen LogP contribution in [0.2, 0.25) is 0 Å². The highest BCUT2D eigenvalue weighted by atomic mass is 16.6. The molecule has 0 aliphatic carbocycles. The summed E-state index contributed by atoms with van der Waals surface area (Å²) in [4.78, 5) is 12.8. The van der Waals surface area contributed by atoms with Crippen molar-refractivity contribution in [1.82, 2.24) is 4.90 Å². The van der Waals surface area contributed by atoms with Gasteiger partial charge in [0.1, 0.15) is 0 Å². The number of hydrogen-bond acceptors (Lipinski definition) is 4. The molecule has 19 heavy (non-hydrogen) atoms. The Kier molecular flexibility index (Phi) is 4.04. The van der Waals surface area contributed by atoms with Crippen LogP contribution in [0.3, 0.4) is 0 Å². The van der Waals surface area contributed by atoms with E-state index in [4.69, 9.17) is 0 Å². The Hall–Kier alpha value is -1.62. The molecule has 1 heterocycles. The monoisotopic (exact) mass is 263 g/mol. The van der Waals surface area contributed by atoms with Crippen LogP contribution in [-0.4, -0.2) is 35.5 Å². The van der Waals surface area contributed by atoms with Crippen LogP contribution in [0.15, 0.2) is 18.2 Å². The first-order chi connectivity index (χ1) is 8.97. The van der Waals surface area contributed by atoms with Crippen molar-refractivity contribution in [2.45, 2.75) is 38.8 Å². The lowest BCUT2D eigenvalue weighted by Crippen LogP contribution is -2.42. The molecule has 1 aliphatic rings. The average Bonchev–Trinajstić information content (AvgIpc) is 2.33. The number of piperidine rings is 1. The lowest BCUT2D eigenvalue weighted by Gasteiger charge is -2.35. The number of likely N-dealkylation sites (tertiary alicyclic amines) is 1. The molecule has 104 valence electrons. The van der Waals surface area contributed by atoms with Crippen LogP contribution in [0.1, 0.15) is 25.3 Å². The van der Waals surface area contributed by atoms with Gasteiger partial charge in [-0.25, -0.2) is 0 Å². The molecule has 1 aliphatic heterocycles. The molecule has 1 fully saturated rings. The second kappa shape index (κ2) is 5.57. The minimum Gasteiger partial charge on any atom is -0.382 e. The first kappa shape index (κ1) is 13.8. The number of aryl methyl sites for hydroxylation is 1. The molecule has 1 N–H and O–H groups in total. The van der Waals surface area contributed by atoms with E-state index in [1.165, 1.54) is 0 Å². The first-order valence-corrected chi connectivity index (χ1v) is 6.69. The number of nitro groups is 1. The van der Waals surface area contributed by atoms with Crippen LogP contribution in [-0.2, 0) is 0 Å². The van der Waals surface area contributed by atoms with Crippen molar-refractivity contribution < 1.29 is 4.92 Å². The molecule has 0 bridgehead atoms. The zero-order valence-corrected chi connectivity index (χ0v) is 11.7. The topological polar surface area (TPSA) is 58.4 Å². The van der Waals surface area contributed by atoms with Crippen LogP contribution >= 0.6 is 0 Å².